The van der Waals surface area contributed by atoms with Gasteiger partial charge >= 0.3 is 6.18 Å². The van der Waals surface area contributed by atoms with Crippen molar-refractivity contribution in [2.24, 2.45) is 4.99 Å². The van der Waals surface area contributed by atoms with Crippen molar-refractivity contribution < 1.29 is 18.0 Å². The molecule has 0 atom stereocenters. The Balaban J connectivity index is 1.90. The van der Waals surface area contributed by atoms with Crippen LogP contribution in [-0.2, 0) is 6.18 Å². The Morgan fingerprint density at radius 1 is 1.08 bits per heavy atom. The van der Waals surface area contributed by atoms with Gasteiger partial charge in [0.05, 0.1) is 12.1 Å². The fourth-order valence-electron chi connectivity index (χ4n) is 2.35. The number of rotatable bonds is 2. The molecule has 24 heavy (non-hydrogen) atoms. The topological polar surface area (TPSA) is 41.5 Å². The number of benzene rings is 2. The molecule has 0 unspecified atom stereocenters. The van der Waals surface area contributed by atoms with Crippen LogP contribution in [0.15, 0.2) is 53.5 Å². The van der Waals surface area contributed by atoms with E-state index in [1.165, 1.54) is 23.9 Å². The van der Waals surface area contributed by atoms with E-state index in [0.29, 0.717) is 28.4 Å². The molecule has 0 radical (unpaired) electrons. The number of nitrogens with one attached hydrogen (secondary N) is 1. The van der Waals surface area contributed by atoms with E-state index < -0.39 is 11.7 Å². The third-order valence-corrected chi connectivity index (χ3v) is 4.39. The number of thioether (sulfide) groups is 1. The molecular weight excluding hydrogens is 337 g/mol. The molecule has 1 aliphatic rings. The molecule has 2 aromatic rings. The Labute approximate surface area is 141 Å². The molecule has 0 fully saturated rings. The summed E-state index contributed by atoms with van der Waals surface area (Å²) < 4.78 is 38.0. The number of amidine groups is 1. The van der Waals surface area contributed by atoms with Crippen LogP contribution in [-0.4, -0.2) is 23.4 Å². The quantitative estimate of drug-likeness (QED) is 0.882. The molecule has 0 aliphatic carbocycles. The molecule has 0 spiro atoms. The number of aliphatic imine (C=N–C) groups is 1. The highest BCUT2D eigenvalue weighted by Gasteiger charge is 2.30. The van der Waals surface area contributed by atoms with E-state index >= 15 is 0 Å². The fraction of sp³-hybridized carbons (Fsp3) is 0.176. The number of halogens is 3. The Bertz CT molecular complexity index is 785. The van der Waals surface area contributed by atoms with Crippen molar-refractivity contribution in [1.82, 2.24) is 5.32 Å². The number of nitrogens with zero attached hydrogens (tertiary/aromatic N) is 1. The van der Waals surface area contributed by atoms with E-state index in [1.807, 2.05) is 0 Å². The van der Waals surface area contributed by atoms with Crippen molar-refractivity contribution >= 4 is 22.8 Å². The van der Waals surface area contributed by atoms with Gasteiger partial charge in [0.1, 0.15) is 0 Å². The molecule has 1 aliphatic heterocycles. The van der Waals surface area contributed by atoms with Gasteiger partial charge in [0.2, 0.25) is 0 Å². The van der Waals surface area contributed by atoms with Crippen LogP contribution in [0.1, 0.15) is 15.9 Å². The lowest BCUT2D eigenvalue weighted by atomic mass is 9.98. The zero-order chi connectivity index (χ0) is 17.2. The highest BCUT2D eigenvalue weighted by Crippen LogP contribution is 2.31. The van der Waals surface area contributed by atoms with Gasteiger partial charge in [-0.25, -0.2) is 0 Å². The summed E-state index contributed by atoms with van der Waals surface area (Å²) >= 11 is 1.46. The summed E-state index contributed by atoms with van der Waals surface area (Å²) in [5.41, 5.74) is 0.805. The Morgan fingerprint density at radius 3 is 2.42 bits per heavy atom. The summed E-state index contributed by atoms with van der Waals surface area (Å²) in [5.74, 6) is 0.509. The predicted molar refractivity (Wildman–Crippen MR) is 89.1 cm³/mol. The van der Waals surface area contributed by atoms with Crippen molar-refractivity contribution in [2.75, 3.05) is 12.3 Å². The van der Waals surface area contributed by atoms with Crippen LogP contribution in [0.3, 0.4) is 0 Å². The van der Waals surface area contributed by atoms with Crippen molar-refractivity contribution in [3.63, 3.8) is 0 Å². The lowest BCUT2D eigenvalue weighted by Crippen LogP contribution is -2.27. The lowest BCUT2D eigenvalue weighted by Gasteiger charge is -2.11. The number of carbonyl (C=O) groups is 1. The van der Waals surface area contributed by atoms with Crippen molar-refractivity contribution in [1.29, 1.82) is 0 Å². The third kappa shape index (κ3) is 3.62. The van der Waals surface area contributed by atoms with E-state index in [2.05, 4.69) is 10.3 Å². The van der Waals surface area contributed by atoms with Crippen molar-refractivity contribution in [3.05, 3.63) is 59.7 Å². The van der Waals surface area contributed by atoms with Gasteiger partial charge in [-0.3, -0.25) is 9.79 Å². The standard InChI is InChI=1S/C17H13F3N2OS/c18-17(19,20)12-7-5-11(6-8-12)13-3-1-2-4-14(13)15(23)22-16-21-9-10-24-16/h1-8H,9-10H2,(H,21,22,23). The van der Waals surface area contributed by atoms with E-state index in [-0.39, 0.29) is 5.91 Å². The minimum Gasteiger partial charge on any atom is -0.301 e. The van der Waals surface area contributed by atoms with E-state index in [4.69, 9.17) is 0 Å². The number of hydrogen-bond acceptors (Lipinski definition) is 3. The van der Waals surface area contributed by atoms with Gasteiger partial charge in [-0.15, -0.1) is 0 Å². The summed E-state index contributed by atoms with van der Waals surface area (Å²) in [5, 5.41) is 3.31. The molecule has 1 N–H and O–H groups in total. The number of carbonyl (C=O) groups excluding carboxylic acids is 1. The van der Waals surface area contributed by atoms with Crippen LogP contribution in [0.2, 0.25) is 0 Å². The minimum atomic E-state index is -4.38. The molecule has 1 amide bonds. The maximum absolute atomic E-state index is 12.7. The van der Waals surface area contributed by atoms with Crippen LogP contribution < -0.4 is 5.32 Å². The maximum atomic E-state index is 12.7. The molecule has 0 saturated heterocycles. The summed E-state index contributed by atoms with van der Waals surface area (Å²) in [7, 11) is 0. The van der Waals surface area contributed by atoms with Gasteiger partial charge in [0.15, 0.2) is 5.17 Å². The molecule has 0 saturated carbocycles. The van der Waals surface area contributed by atoms with E-state index in [9.17, 15) is 18.0 Å². The summed E-state index contributed by atoms with van der Waals surface area (Å²) in [4.78, 5) is 16.6. The smallest absolute Gasteiger partial charge is 0.301 e. The van der Waals surface area contributed by atoms with Crippen molar-refractivity contribution in [3.8, 4) is 11.1 Å². The van der Waals surface area contributed by atoms with Crippen LogP contribution in [0.5, 0.6) is 0 Å². The van der Waals surface area contributed by atoms with E-state index in [0.717, 1.165) is 17.9 Å². The molecule has 1 heterocycles. The predicted octanol–water partition coefficient (Wildman–Crippen LogP) is 4.21. The zero-order valence-electron chi connectivity index (χ0n) is 12.4. The first-order valence-corrected chi connectivity index (χ1v) is 8.19. The second kappa shape index (κ2) is 6.68. The molecule has 3 nitrogen and oxygen atoms in total. The largest absolute Gasteiger partial charge is 0.416 e. The number of amides is 1. The first kappa shape index (κ1) is 16.6. The second-order valence-corrected chi connectivity index (χ2v) is 6.19. The monoisotopic (exact) mass is 350 g/mol. The minimum absolute atomic E-state index is 0.321. The van der Waals surface area contributed by atoms with Gasteiger partial charge in [0, 0.05) is 11.3 Å². The first-order chi connectivity index (χ1) is 11.4. The average molecular weight is 350 g/mol. The summed E-state index contributed by atoms with van der Waals surface area (Å²) in [6.07, 6.45) is -4.38. The van der Waals surface area contributed by atoms with Crippen molar-refractivity contribution in [2.45, 2.75) is 6.18 Å². The molecule has 7 heteroatoms. The average Bonchev–Trinajstić information content (AvgIpc) is 3.07. The highest BCUT2D eigenvalue weighted by molar-refractivity contribution is 8.14. The zero-order valence-corrected chi connectivity index (χ0v) is 13.2. The second-order valence-electron chi connectivity index (χ2n) is 5.11. The molecule has 3 rings (SSSR count). The van der Waals surface area contributed by atoms with E-state index in [1.54, 1.807) is 24.3 Å². The third-order valence-electron chi connectivity index (χ3n) is 3.50. The van der Waals surface area contributed by atoms with Gasteiger partial charge in [-0.05, 0) is 29.3 Å². The molecule has 2 aromatic carbocycles. The van der Waals surface area contributed by atoms with Gasteiger partial charge in [-0.1, -0.05) is 42.1 Å². The lowest BCUT2D eigenvalue weighted by molar-refractivity contribution is -0.137. The number of alkyl halides is 3. The van der Waals surface area contributed by atoms with Crippen LogP contribution in [0, 0.1) is 0 Å². The summed E-state index contributed by atoms with van der Waals surface area (Å²) in [6, 6.07) is 11.6. The van der Waals surface area contributed by atoms with Gasteiger partial charge < -0.3 is 5.32 Å². The van der Waals surface area contributed by atoms with Crippen LogP contribution in [0.4, 0.5) is 13.2 Å². The fourth-order valence-corrected chi connectivity index (χ4v) is 3.07. The van der Waals surface area contributed by atoms with Gasteiger partial charge in [-0.2, -0.15) is 13.2 Å². The molecular formula is C17H13F3N2OS. The Hall–Kier alpha value is -2.28. The summed E-state index contributed by atoms with van der Waals surface area (Å²) in [6.45, 7) is 0.667. The van der Waals surface area contributed by atoms with Crippen LogP contribution in [0.25, 0.3) is 11.1 Å². The molecule has 0 bridgehead atoms. The maximum Gasteiger partial charge on any atom is 0.416 e. The number of hydrogen-bond donors (Lipinski definition) is 1. The first-order valence-electron chi connectivity index (χ1n) is 7.20. The molecule has 0 aromatic heterocycles. The highest BCUT2D eigenvalue weighted by atomic mass is 32.2. The normalized spacial score (nSPS) is 14.4. The molecule has 124 valence electrons. The van der Waals surface area contributed by atoms with Gasteiger partial charge in [0.25, 0.3) is 5.91 Å². The Morgan fingerprint density at radius 2 is 1.79 bits per heavy atom. The Kier molecular flexibility index (Phi) is 4.62. The van der Waals surface area contributed by atoms with Crippen LogP contribution >= 0.6 is 11.8 Å². The SMILES string of the molecule is O=C(NC1=NCCS1)c1ccccc1-c1ccc(C(F)(F)F)cc1.